The number of carbonyl (C=O) groups excluding carboxylic acids is 1. The predicted octanol–water partition coefficient (Wildman–Crippen LogP) is 5.42. The molecule has 0 amide bonds. The van der Waals surface area contributed by atoms with Crippen molar-refractivity contribution in [2.75, 3.05) is 20.3 Å². The Bertz CT molecular complexity index is 644. The van der Waals surface area contributed by atoms with Crippen LogP contribution in [0.15, 0.2) is 18.2 Å². The van der Waals surface area contributed by atoms with Crippen LogP contribution in [0.4, 0.5) is 4.39 Å². The molecule has 1 aliphatic rings. The number of ether oxygens (including phenoxy) is 3. The Hall–Kier alpha value is -1.62. The van der Waals surface area contributed by atoms with E-state index in [1.807, 2.05) is 12.1 Å². The lowest BCUT2D eigenvalue weighted by Crippen LogP contribution is -2.16. The third-order valence-electron chi connectivity index (χ3n) is 5.95. The second kappa shape index (κ2) is 11.5. The van der Waals surface area contributed by atoms with Gasteiger partial charge in [0.25, 0.3) is 0 Å². The molecule has 1 unspecified atom stereocenters. The highest BCUT2D eigenvalue weighted by Crippen LogP contribution is 2.32. The first-order valence-corrected chi connectivity index (χ1v) is 10.9. The van der Waals surface area contributed by atoms with E-state index in [0.717, 1.165) is 37.7 Å². The molecule has 0 N–H and O–H groups in total. The number of hydrogen-bond acceptors (Lipinski definition) is 4. The summed E-state index contributed by atoms with van der Waals surface area (Å²) in [5, 5.41) is 0. The number of hydrogen-bond donors (Lipinski definition) is 0. The maximum atomic E-state index is 14.1. The van der Waals surface area contributed by atoms with Crippen molar-refractivity contribution in [1.82, 2.24) is 0 Å². The molecule has 1 heterocycles. The standard InChI is InChI=1S/C24H37FO4/c1-16(2)19(8-9-20-15-21(17(3)4)24(26)29-20)13-18-7-10-22(25)23(14-18)28-12-6-11-27-5/h7,10,14,16-17,19-21H,6,8-9,11-13,15H2,1-5H3/t19-,20?,21+/m1/s1. The molecule has 0 aromatic heterocycles. The maximum absolute atomic E-state index is 14.1. The number of methoxy groups -OCH3 is 1. The molecule has 0 saturated carbocycles. The van der Waals surface area contributed by atoms with Gasteiger partial charge in [0, 0.05) is 20.1 Å². The summed E-state index contributed by atoms with van der Waals surface area (Å²) in [6, 6.07) is 5.16. The van der Waals surface area contributed by atoms with Crippen LogP contribution in [0.5, 0.6) is 5.75 Å². The molecule has 0 radical (unpaired) electrons. The fourth-order valence-electron chi connectivity index (χ4n) is 3.94. The van der Waals surface area contributed by atoms with Crippen LogP contribution in [-0.2, 0) is 20.7 Å². The number of carbonyl (C=O) groups is 1. The molecule has 0 bridgehead atoms. The largest absolute Gasteiger partial charge is 0.490 e. The van der Waals surface area contributed by atoms with Gasteiger partial charge < -0.3 is 14.2 Å². The molecule has 2 rings (SSSR count). The average Bonchev–Trinajstić information content (AvgIpc) is 3.05. The molecule has 29 heavy (non-hydrogen) atoms. The van der Waals surface area contributed by atoms with E-state index in [1.54, 1.807) is 7.11 Å². The summed E-state index contributed by atoms with van der Waals surface area (Å²) < 4.78 is 30.3. The minimum absolute atomic E-state index is 0.0315. The smallest absolute Gasteiger partial charge is 0.309 e. The van der Waals surface area contributed by atoms with Crippen LogP contribution in [0.2, 0.25) is 0 Å². The molecule has 3 atom stereocenters. The third-order valence-corrected chi connectivity index (χ3v) is 5.95. The van der Waals surface area contributed by atoms with E-state index < -0.39 is 0 Å². The SMILES string of the molecule is COCCCOc1cc(C[C@@H](CCC2C[C@@H](C(C)C)C(=O)O2)C(C)C)ccc1F. The summed E-state index contributed by atoms with van der Waals surface area (Å²) in [6.07, 6.45) is 4.33. The van der Waals surface area contributed by atoms with Crippen LogP contribution in [0.25, 0.3) is 0 Å². The van der Waals surface area contributed by atoms with Gasteiger partial charge in [0.1, 0.15) is 6.10 Å². The van der Waals surface area contributed by atoms with Gasteiger partial charge in [0.05, 0.1) is 12.5 Å². The van der Waals surface area contributed by atoms with E-state index in [1.165, 1.54) is 6.07 Å². The molecule has 4 nitrogen and oxygen atoms in total. The summed E-state index contributed by atoms with van der Waals surface area (Å²) in [5.41, 5.74) is 1.08. The molecular weight excluding hydrogens is 371 g/mol. The highest BCUT2D eigenvalue weighted by molar-refractivity contribution is 5.74. The second-order valence-corrected chi connectivity index (χ2v) is 8.89. The molecule has 0 spiro atoms. The molecule has 5 heteroatoms. The van der Waals surface area contributed by atoms with Gasteiger partial charge in [-0.3, -0.25) is 4.79 Å². The molecule has 0 aliphatic carbocycles. The third kappa shape index (κ3) is 7.29. The van der Waals surface area contributed by atoms with E-state index in [2.05, 4.69) is 27.7 Å². The van der Waals surface area contributed by atoms with Gasteiger partial charge in [-0.2, -0.15) is 0 Å². The summed E-state index contributed by atoms with van der Waals surface area (Å²) >= 11 is 0. The van der Waals surface area contributed by atoms with Crippen LogP contribution in [0, 0.1) is 29.5 Å². The Morgan fingerprint density at radius 1 is 1.21 bits per heavy atom. The van der Waals surface area contributed by atoms with Crippen molar-refractivity contribution in [3.8, 4) is 5.75 Å². The van der Waals surface area contributed by atoms with Gasteiger partial charge in [-0.15, -0.1) is 0 Å². The first kappa shape index (κ1) is 23.7. The van der Waals surface area contributed by atoms with Crippen LogP contribution < -0.4 is 4.74 Å². The van der Waals surface area contributed by atoms with Gasteiger partial charge in [-0.05, 0) is 61.1 Å². The minimum atomic E-state index is -0.329. The summed E-state index contributed by atoms with van der Waals surface area (Å²) in [6.45, 7) is 9.62. The lowest BCUT2D eigenvalue weighted by molar-refractivity contribution is -0.145. The summed E-state index contributed by atoms with van der Waals surface area (Å²) in [7, 11) is 1.64. The van der Waals surface area contributed by atoms with Crippen molar-refractivity contribution in [2.45, 2.75) is 65.9 Å². The van der Waals surface area contributed by atoms with E-state index in [9.17, 15) is 9.18 Å². The molecule has 1 aromatic carbocycles. The number of cyclic esters (lactones) is 1. The Morgan fingerprint density at radius 3 is 2.59 bits per heavy atom. The lowest BCUT2D eigenvalue weighted by atomic mass is 9.84. The Morgan fingerprint density at radius 2 is 1.97 bits per heavy atom. The normalized spacial score (nSPS) is 20.3. The lowest BCUT2D eigenvalue weighted by Gasteiger charge is -2.23. The number of rotatable bonds is 12. The van der Waals surface area contributed by atoms with Crippen molar-refractivity contribution in [2.24, 2.45) is 23.7 Å². The zero-order chi connectivity index (χ0) is 21.4. The Kier molecular flexibility index (Phi) is 9.41. The number of benzene rings is 1. The minimum Gasteiger partial charge on any atom is -0.490 e. The van der Waals surface area contributed by atoms with Crippen LogP contribution in [-0.4, -0.2) is 32.4 Å². The number of esters is 1. The fourth-order valence-corrected chi connectivity index (χ4v) is 3.94. The molecule has 1 saturated heterocycles. The van der Waals surface area contributed by atoms with Gasteiger partial charge in [-0.1, -0.05) is 33.8 Å². The highest BCUT2D eigenvalue weighted by Gasteiger charge is 2.36. The zero-order valence-electron chi connectivity index (χ0n) is 18.6. The van der Waals surface area contributed by atoms with E-state index in [0.29, 0.717) is 36.7 Å². The molecule has 1 aromatic rings. The van der Waals surface area contributed by atoms with E-state index >= 15 is 0 Å². The fraction of sp³-hybridized carbons (Fsp3) is 0.708. The highest BCUT2D eigenvalue weighted by atomic mass is 19.1. The molecule has 1 aliphatic heterocycles. The molecular formula is C24H37FO4. The molecule has 164 valence electrons. The second-order valence-electron chi connectivity index (χ2n) is 8.89. The topological polar surface area (TPSA) is 44.8 Å². The Balaban J connectivity index is 1.92. The summed E-state index contributed by atoms with van der Waals surface area (Å²) in [5.74, 6) is 1.24. The van der Waals surface area contributed by atoms with Gasteiger partial charge in [0.2, 0.25) is 0 Å². The van der Waals surface area contributed by atoms with E-state index in [-0.39, 0.29) is 23.8 Å². The van der Waals surface area contributed by atoms with Gasteiger partial charge in [-0.25, -0.2) is 4.39 Å². The van der Waals surface area contributed by atoms with Crippen LogP contribution in [0.1, 0.15) is 58.9 Å². The van der Waals surface area contributed by atoms with E-state index in [4.69, 9.17) is 14.2 Å². The average molecular weight is 409 g/mol. The van der Waals surface area contributed by atoms with Crippen molar-refractivity contribution in [3.05, 3.63) is 29.6 Å². The van der Waals surface area contributed by atoms with Crippen molar-refractivity contribution in [1.29, 1.82) is 0 Å². The van der Waals surface area contributed by atoms with Crippen molar-refractivity contribution < 1.29 is 23.4 Å². The molecule has 1 fully saturated rings. The predicted molar refractivity (Wildman–Crippen MR) is 112 cm³/mol. The monoisotopic (exact) mass is 408 g/mol. The van der Waals surface area contributed by atoms with Crippen LogP contribution in [0.3, 0.4) is 0 Å². The zero-order valence-corrected chi connectivity index (χ0v) is 18.6. The first-order chi connectivity index (χ1) is 13.8. The maximum Gasteiger partial charge on any atom is 0.309 e. The van der Waals surface area contributed by atoms with Gasteiger partial charge >= 0.3 is 5.97 Å². The Labute approximate surface area is 175 Å². The van der Waals surface area contributed by atoms with Crippen molar-refractivity contribution in [3.63, 3.8) is 0 Å². The van der Waals surface area contributed by atoms with Gasteiger partial charge in [0.15, 0.2) is 11.6 Å². The first-order valence-electron chi connectivity index (χ1n) is 10.9. The number of halogens is 1. The summed E-state index contributed by atoms with van der Waals surface area (Å²) in [4.78, 5) is 12.0. The van der Waals surface area contributed by atoms with Crippen molar-refractivity contribution >= 4 is 5.97 Å². The quantitative estimate of drug-likeness (QED) is 0.342. The van der Waals surface area contributed by atoms with Crippen LogP contribution >= 0.6 is 0 Å².